The number of anilines is 2. The van der Waals surface area contributed by atoms with E-state index in [1.807, 2.05) is 32.0 Å². The van der Waals surface area contributed by atoms with Gasteiger partial charge in [0.05, 0.1) is 23.4 Å². The zero-order valence-electron chi connectivity index (χ0n) is 20.3. The van der Waals surface area contributed by atoms with Crippen LogP contribution in [0.15, 0.2) is 42.5 Å². The minimum absolute atomic E-state index is 0.0991. The fourth-order valence-corrected chi connectivity index (χ4v) is 5.73. The van der Waals surface area contributed by atoms with Gasteiger partial charge in [-0.1, -0.05) is 13.0 Å². The second-order valence-electron chi connectivity index (χ2n) is 10.3. The van der Waals surface area contributed by atoms with Crippen LogP contribution in [-0.4, -0.2) is 30.2 Å². The molecule has 3 aliphatic rings. The van der Waals surface area contributed by atoms with Gasteiger partial charge in [-0.15, -0.1) is 0 Å². The Morgan fingerprint density at radius 2 is 1.54 bits per heavy atom. The summed E-state index contributed by atoms with van der Waals surface area (Å²) in [5.41, 5.74) is 3.41. The van der Waals surface area contributed by atoms with E-state index in [4.69, 9.17) is 4.74 Å². The summed E-state index contributed by atoms with van der Waals surface area (Å²) < 4.78 is 5.55. The Morgan fingerprint density at radius 3 is 2.23 bits per heavy atom. The number of carbonyl (C=O) groups is 4. The van der Waals surface area contributed by atoms with E-state index >= 15 is 0 Å². The molecule has 2 aromatic carbocycles. The molecule has 3 fully saturated rings. The molecule has 0 aromatic heterocycles. The molecule has 182 valence electrons. The van der Waals surface area contributed by atoms with Crippen LogP contribution in [0.2, 0.25) is 0 Å². The summed E-state index contributed by atoms with van der Waals surface area (Å²) in [5.74, 6) is -1.08. The van der Waals surface area contributed by atoms with E-state index < -0.39 is 11.9 Å². The molecule has 3 amide bonds. The number of amides is 3. The van der Waals surface area contributed by atoms with Gasteiger partial charge in [-0.25, -0.2) is 0 Å². The van der Waals surface area contributed by atoms with E-state index in [0.717, 1.165) is 36.1 Å². The first-order chi connectivity index (χ1) is 16.7. The summed E-state index contributed by atoms with van der Waals surface area (Å²) in [6.07, 6.45) is 2.57. The lowest BCUT2D eigenvalue weighted by Gasteiger charge is -2.25. The van der Waals surface area contributed by atoms with Gasteiger partial charge in [-0.05, 0) is 86.6 Å². The van der Waals surface area contributed by atoms with Crippen molar-refractivity contribution in [2.24, 2.45) is 23.7 Å². The quantitative estimate of drug-likeness (QED) is 0.377. The van der Waals surface area contributed by atoms with Crippen LogP contribution in [0.3, 0.4) is 0 Å². The Kier molecular flexibility index (Phi) is 5.95. The van der Waals surface area contributed by atoms with Crippen LogP contribution in [0, 0.1) is 37.5 Å². The molecule has 7 nitrogen and oxygen atoms in total. The largest absolute Gasteiger partial charge is 0.426 e. The third kappa shape index (κ3) is 4.35. The van der Waals surface area contributed by atoms with Crippen molar-refractivity contribution in [1.82, 2.24) is 0 Å². The maximum Gasteiger partial charge on any atom is 0.316 e. The minimum atomic E-state index is -0.560. The Labute approximate surface area is 205 Å². The summed E-state index contributed by atoms with van der Waals surface area (Å²) in [4.78, 5) is 54.2. The first-order valence-corrected chi connectivity index (χ1v) is 12.3. The highest BCUT2D eigenvalue weighted by atomic mass is 16.5. The number of imide groups is 1. The number of ether oxygens (including phenoxy) is 1. The van der Waals surface area contributed by atoms with Gasteiger partial charge in [0.25, 0.3) is 0 Å². The first-order valence-electron chi connectivity index (χ1n) is 12.3. The molecular formula is C28H30N2O5. The summed E-state index contributed by atoms with van der Waals surface area (Å²) in [5, 5.41) is 0. The standard InChI is InChI=1S/C28H30N2O5/c1-16-4-9-23-24(13-16)27(33)30(26(23)32)20-5-7-22(8-6-20)35-28(34)19-14-25(31)29(15-19)21-11-17(2)10-18(3)12-21/h5-8,10-12,16,19,23-24H,4,9,13-15H2,1-3H3. The Bertz CT molecular complexity index is 1180. The molecule has 0 radical (unpaired) electrons. The zero-order valence-corrected chi connectivity index (χ0v) is 20.3. The molecule has 0 spiro atoms. The van der Waals surface area contributed by atoms with Gasteiger partial charge in [-0.3, -0.25) is 24.1 Å². The first kappa shape index (κ1) is 23.3. The number of hydrogen-bond donors (Lipinski definition) is 0. The van der Waals surface area contributed by atoms with Gasteiger partial charge < -0.3 is 9.64 Å². The SMILES string of the molecule is Cc1cc(C)cc(N2CC(C(=O)Oc3ccc(N4C(=O)C5CCC(C)CC5C4=O)cc3)CC2=O)c1. The van der Waals surface area contributed by atoms with E-state index in [1.54, 1.807) is 29.2 Å². The second-order valence-corrected chi connectivity index (χ2v) is 10.3. The third-order valence-electron chi connectivity index (χ3n) is 7.48. The van der Waals surface area contributed by atoms with Crippen LogP contribution in [0.1, 0.15) is 43.7 Å². The molecule has 2 aliphatic heterocycles. The predicted molar refractivity (Wildman–Crippen MR) is 131 cm³/mol. The molecule has 1 saturated carbocycles. The fourth-order valence-electron chi connectivity index (χ4n) is 5.73. The number of rotatable bonds is 4. The lowest BCUT2D eigenvalue weighted by molar-refractivity contribution is -0.139. The monoisotopic (exact) mass is 474 g/mol. The average molecular weight is 475 g/mol. The van der Waals surface area contributed by atoms with Crippen molar-refractivity contribution in [2.45, 2.75) is 46.5 Å². The normalized spacial score (nSPS) is 26.3. The smallest absolute Gasteiger partial charge is 0.316 e. The second kappa shape index (κ2) is 8.95. The molecule has 2 heterocycles. The molecule has 4 unspecified atom stereocenters. The maximum atomic E-state index is 12.9. The topological polar surface area (TPSA) is 84.0 Å². The van der Waals surface area contributed by atoms with Crippen molar-refractivity contribution in [3.05, 3.63) is 53.6 Å². The predicted octanol–water partition coefficient (Wildman–Crippen LogP) is 4.19. The van der Waals surface area contributed by atoms with E-state index in [0.29, 0.717) is 17.4 Å². The lowest BCUT2D eigenvalue weighted by atomic mass is 9.76. The van der Waals surface area contributed by atoms with Gasteiger partial charge >= 0.3 is 5.97 Å². The van der Waals surface area contributed by atoms with Crippen LogP contribution < -0.4 is 14.5 Å². The van der Waals surface area contributed by atoms with Crippen molar-refractivity contribution in [3.63, 3.8) is 0 Å². The van der Waals surface area contributed by atoms with Crippen LogP contribution in [-0.2, 0) is 19.2 Å². The number of fused-ring (bicyclic) bond motifs is 1. The molecule has 4 atom stereocenters. The number of benzene rings is 2. The Balaban J connectivity index is 1.25. The number of nitrogens with zero attached hydrogens (tertiary/aromatic N) is 2. The highest BCUT2D eigenvalue weighted by Crippen LogP contribution is 2.42. The van der Waals surface area contributed by atoms with Crippen molar-refractivity contribution >= 4 is 35.1 Å². The van der Waals surface area contributed by atoms with Gasteiger partial charge in [0.2, 0.25) is 17.7 Å². The number of esters is 1. The zero-order chi connectivity index (χ0) is 24.9. The van der Waals surface area contributed by atoms with Crippen molar-refractivity contribution < 1.29 is 23.9 Å². The van der Waals surface area contributed by atoms with Crippen LogP contribution in [0.5, 0.6) is 5.75 Å². The van der Waals surface area contributed by atoms with Crippen LogP contribution in [0.4, 0.5) is 11.4 Å². The molecule has 2 aromatic rings. The van der Waals surface area contributed by atoms with Gasteiger partial charge in [0.15, 0.2) is 0 Å². The number of carbonyl (C=O) groups excluding carboxylic acids is 4. The molecule has 0 bridgehead atoms. The van der Waals surface area contributed by atoms with E-state index in [1.165, 1.54) is 4.90 Å². The summed E-state index contributed by atoms with van der Waals surface area (Å²) in [6, 6.07) is 12.4. The Morgan fingerprint density at radius 1 is 0.886 bits per heavy atom. The highest BCUT2D eigenvalue weighted by Gasteiger charge is 2.50. The van der Waals surface area contributed by atoms with Gasteiger partial charge in [-0.2, -0.15) is 0 Å². The molecular weight excluding hydrogens is 444 g/mol. The van der Waals surface area contributed by atoms with Crippen molar-refractivity contribution in [2.75, 3.05) is 16.3 Å². The lowest BCUT2D eigenvalue weighted by Crippen LogP contribution is -2.30. The molecule has 0 N–H and O–H groups in total. The summed E-state index contributed by atoms with van der Waals surface area (Å²) >= 11 is 0. The van der Waals surface area contributed by atoms with Crippen LogP contribution >= 0.6 is 0 Å². The summed E-state index contributed by atoms with van der Waals surface area (Å²) in [7, 11) is 0. The molecule has 35 heavy (non-hydrogen) atoms. The number of aryl methyl sites for hydroxylation is 2. The molecule has 2 saturated heterocycles. The van der Waals surface area contributed by atoms with E-state index in [9.17, 15) is 19.2 Å². The van der Waals surface area contributed by atoms with Gasteiger partial charge in [0, 0.05) is 18.7 Å². The maximum absolute atomic E-state index is 12.9. The average Bonchev–Trinajstić information content (AvgIpc) is 3.31. The van der Waals surface area contributed by atoms with Crippen LogP contribution in [0.25, 0.3) is 0 Å². The van der Waals surface area contributed by atoms with Crippen molar-refractivity contribution in [3.8, 4) is 5.75 Å². The third-order valence-corrected chi connectivity index (χ3v) is 7.48. The molecule has 7 heteroatoms. The summed E-state index contributed by atoms with van der Waals surface area (Å²) in [6.45, 7) is 6.35. The highest BCUT2D eigenvalue weighted by molar-refractivity contribution is 6.22. The Hall–Kier alpha value is -3.48. The minimum Gasteiger partial charge on any atom is -0.426 e. The fraction of sp³-hybridized carbons (Fsp3) is 0.429. The van der Waals surface area contributed by atoms with Gasteiger partial charge in [0.1, 0.15) is 5.75 Å². The number of hydrogen-bond acceptors (Lipinski definition) is 5. The molecule has 5 rings (SSSR count). The van der Waals surface area contributed by atoms with E-state index in [2.05, 4.69) is 6.92 Å². The van der Waals surface area contributed by atoms with Crippen molar-refractivity contribution in [1.29, 1.82) is 0 Å². The van der Waals surface area contributed by atoms with E-state index in [-0.39, 0.29) is 42.5 Å². The molecule has 1 aliphatic carbocycles.